The van der Waals surface area contributed by atoms with E-state index in [1.54, 1.807) is 0 Å². The smallest absolute Gasteiger partial charge is 0.383 e. The molecule has 1 nitrogen and oxygen atoms in total. The number of benzene rings is 1. The maximum absolute atomic E-state index is 12.9. The summed E-state index contributed by atoms with van der Waals surface area (Å²) >= 11 is 0. The Morgan fingerprint density at radius 2 is 1.62 bits per heavy atom. The van der Waals surface area contributed by atoms with E-state index in [0.29, 0.717) is 12.1 Å². The Hall–Kier alpha value is -1.24. The molecule has 0 radical (unpaired) electrons. The first-order chi connectivity index (χ1) is 7.23. The van der Waals surface area contributed by atoms with Crippen LogP contribution in [0.4, 0.5) is 26.3 Å². The monoisotopic (exact) mass is 244 g/mol. The van der Waals surface area contributed by atoms with Gasteiger partial charge in [-0.15, -0.1) is 0 Å². The molecule has 0 aliphatic carbocycles. The van der Waals surface area contributed by atoms with Crippen LogP contribution in [0.3, 0.4) is 0 Å². The first-order valence-corrected chi connectivity index (χ1v) is 4.10. The lowest BCUT2D eigenvalue weighted by Gasteiger charge is -2.14. The number of halogens is 6. The molecule has 0 aliphatic rings. The van der Waals surface area contributed by atoms with Gasteiger partial charge in [0.25, 0.3) is 0 Å². The van der Waals surface area contributed by atoms with E-state index in [4.69, 9.17) is 5.11 Å². The van der Waals surface area contributed by atoms with Crippen LogP contribution in [0, 0.1) is 17.5 Å². The maximum Gasteiger partial charge on any atom is 0.414 e. The van der Waals surface area contributed by atoms with Gasteiger partial charge in [0.05, 0.1) is 0 Å². The molecule has 0 saturated carbocycles. The average molecular weight is 244 g/mol. The fourth-order valence-electron chi connectivity index (χ4n) is 1.05. The third-order valence-corrected chi connectivity index (χ3v) is 1.91. The second-order valence-corrected chi connectivity index (χ2v) is 3.10. The topological polar surface area (TPSA) is 20.2 Å². The molecule has 1 N–H and O–H groups in total. The van der Waals surface area contributed by atoms with E-state index in [0.717, 1.165) is 0 Å². The fourth-order valence-corrected chi connectivity index (χ4v) is 1.05. The molecule has 90 valence electrons. The largest absolute Gasteiger partial charge is 0.414 e. The molecule has 0 amide bonds. The van der Waals surface area contributed by atoms with Crippen molar-refractivity contribution in [2.45, 2.75) is 18.7 Å². The van der Waals surface area contributed by atoms with Crippen molar-refractivity contribution < 1.29 is 31.4 Å². The summed E-state index contributed by atoms with van der Waals surface area (Å²) in [7, 11) is 0. The summed E-state index contributed by atoms with van der Waals surface area (Å²) in [6.07, 6.45) is -8.91. The quantitative estimate of drug-likeness (QED) is 0.626. The number of rotatable bonds is 2. The van der Waals surface area contributed by atoms with E-state index in [9.17, 15) is 26.3 Å². The van der Waals surface area contributed by atoms with Gasteiger partial charge >= 0.3 is 6.18 Å². The van der Waals surface area contributed by atoms with Crippen molar-refractivity contribution in [3.05, 3.63) is 35.1 Å². The maximum atomic E-state index is 12.9. The van der Waals surface area contributed by atoms with Crippen LogP contribution in [-0.2, 0) is 6.42 Å². The van der Waals surface area contributed by atoms with Crippen molar-refractivity contribution in [2.75, 3.05) is 0 Å². The Morgan fingerprint density at radius 1 is 1.06 bits per heavy atom. The van der Waals surface area contributed by atoms with E-state index in [1.807, 2.05) is 0 Å². The van der Waals surface area contributed by atoms with Crippen molar-refractivity contribution in [3.8, 4) is 0 Å². The lowest BCUT2D eigenvalue weighted by Crippen LogP contribution is -2.30. The zero-order valence-corrected chi connectivity index (χ0v) is 7.65. The van der Waals surface area contributed by atoms with Crippen LogP contribution in [-0.4, -0.2) is 17.4 Å². The Labute approximate surface area is 86.3 Å². The van der Waals surface area contributed by atoms with E-state index in [2.05, 4.69) is 0 Å². The van der Waals surface area contributed by atoms with Gasteiger partial charge in [-0.1, -0.05) is 6.07 Å². The second-order valence-electron chi connectivity index (χ2n) is 3.10. The van der Waals surface area contributed by atoms with Crippen LogP contribution in [0.15, 0.2) is 12.1 Å². The summed E-state index contributed by atoms with van der Waals surface area (Å²) in [5.74, 6) is -5.07. The molecule has 0 aromatic heterocycles. The summed E-state index contributed by atoms with van der Waals surface area (Å²) in [5, 5.41) is 8.62. The van der Waals surface area contributed by atoms with Crippen LogP contribution in [0.1, 0.15) is 5.56 Å². The van der Waals surface area contributed by atoms with Gasteiger partial charge in [0.2, 0.25) is 0 Å². The highest BCUT2D eigenvalue weighted by molar-refractivity contribution is 5.21. The molecule has 1 atom stereocenters. The van der Waals surface area contributed by atoms with Gasteiger partial charge in [-0.2, -0.15) is 13.2 Å². The van der Waals surface area contributed by atoms with Crippen LogP contribution in [0.5, 0.6) is 0 Å². The van der Waals surface area contributed by atoms with Crippen molar-refractivity contribution >= 4 is 0 Å². The van der Waals surface area contributed by atoms with Crippen LogP contribution >= 0.6 is 0 Å². The standard InChI is InChI=1S/C9H6F6O/c10-5-2-1-4(7(11)8(5)12)3-6(16)9(13,14)15/h1-2,6,16H,3H2. The minimum absolute atomic E-state index is 0.497. The molecule has 7 heteroatoms. The zero-order chi connectivity index (χ0) is 12.5. The number of alkyl halides is 3. The Morgan fingerprint density at radius 3 is 2.12 bits per heavy atom. The Bertz CT molecular complexity index is 386. The molecule has 0 spiro atoms. The lowest BCUT2D eigenvalue weighted by molar-refractivity contribution is -0.203. The van der Waals surface area contributed by atoms with Crippen molar-refractivity contribution in [3.63, 3.8) is 0 Å². The van der Waals surface area contributed by atoms with Gasteiger partial charge in [-0.25, -0.2) is 13.2 Å². The fraction of sp³-hybridized carbons (Fsp3) is 0.333. The minimum atomic E-state index is -4.93. The predicted molar refractivity (Wildman–Crippen MR) is 42.1 cm³/mol. The lowest BCUT2D eigenvalue weighted by atomic mass is 10.1. The minimum Gasteiger partial charge on any atom is -0.383 e. The number of hydrogen-bond acceptors (Lipinski definition) is 1. The summed E-state index contributed by atoms with van der Waals surface area (Å²) in [5.41, 5.74) is -0.733. The highest BCUT2D eigenvalue weighted by atomic mass is 19.4. The summed E-state index contributed by atoms with van der Waals surface area (Å²) in [6.45, 7) is 0. The second kappa shape index (κ2) is 4.32. The summed E-state index contributed by atoms with van der Waals surface area (Å²) in [6, 6.07) is 1.15. The molecule has 16 heavy (non-hydrogen) atoms. The Kier molecular flexibility index (Phi) is 3.47. The van der Waals surface area contributed by atoms with Crippen molar-refractivity contribution in [1.82, 2.24) is 0 Å². The summed E-state index contributed by atoms with van der Waals surface area (Å²) in [4.78, 5) is 0. The molecule has 0 heterocycles. The molecular weight excluding hydrogens is 238 g/mol. The predicted octanol–water partition coefficient (Wildman–Crippen LogP) is 2.57. The van der Waals surface area contributed by atoms with Gasteiger partial charge in [-0.05, 0) is 11.6 Å². The van der Waals surface area contributed by atoms with E-state index in [1.165, 1.54) is 0 Å². The van der Waals surface area contributed by atoms with Gasteiger partial charge in [-0.3, -0.25) is 0 Å². The van der Waals surface area contributed by atoms with Crippen LogP contribution in [0.2, 0.25) is 0 Å². The molecule has 0 aliphatic heterocycles. The Balaban J connectivity index is 2.95. The first-order valence-electron chi connectivity index (χ1n) is 4.10. The first kappa shape index (κ1) is 12.8. The average Bonchev–Trinajstić information content (AvgIpc) is 2.17. The number of hydrogen-bond donors (Lipinski definition) is 1. The van der Waals surface area contributed by atoms with Gasteiger partial charge < -0.3 is 5.11 Å². The van der Waals surface area contributed by atoms with E-state index in [-0.39, 0.29) is 0 Å². The van der Waals surface area contributed by atoms with Crippen LogP contribution in [0.25, 0.3) is 0 Å². The van der Waals surface area contributed by atoms with E-state index < -0.39 is 41.7 Å². The molecule has 1 aromatic carbocycles. The molecule has 0 fully saturated rings. The third-order valence-electron chi connectivity index (χ3n) is 1.91. The number of aliphatic hydroxyl groups excluding tert-OH is 1. The molecule has 0 bridgehead atoms. The summed E-state index contributed by atoms with van der Waals surface area (Å²) < 4.78 is 73.7. The highest BCUT2D eigenvalue weighted by Gasteiger charge is 2.38. The van der Waals surface area contributed by atoms with E-state index >= 15 is 0 Å². The molecule has 1 aromatic rings. The highest BCUT2D eigenvalue weighted by Crippen LogP contribution is 2.25. The normalized spacial score (nSPS) is 13.9. The molecule has 1 unspecified atom stereocenters. The molecule has 1 rings (SSSR count). The van der Waals surface area contributed by atoms with Gasteiger partial charge in [0, 0.05) is 6.42 Å². The van der Waals surface area contributed by atoms with Crippen molar-refractivity contribution in [1.29, 1.82) is 0 Å². The van der Waals surface area contributed by atoms with Crippen molar-refractivity contribution in [2.24, 2.45) is 0 Å². The number of aliphatic hydroxyl groups is 1. The molecular formula is C9H6F6O. The SMILES string of the molecule is OC(Cc1ccc(F)c(F)c1F)C(F)(F)F. The van der Waals surface area contributed by atoms with Crippen LogP contribution < -0.4 is 0 Å². The van der Waals surface area contributed by atoms with Gasteiger partial charge in [0.1, 0.15) is 0 Å². The molecule has 0 saturated heterocycles. The van der Waals surface area contributed by atoms with Gasteiger partial charge in [0.15, 0.2) is 23.6 Å². The zero-order valence-electron chi connectivity index (χ0n) is 7.65. The third kappa shape index (κ3) is 2.66.